The zero-order chi connectivity index (χ0) is 13.9. The number of carbonyl (C=O) groups is 2. The first kappa shape index (κ1) is 14.2. The van der Waals surface area contributed by atoms with Crippen molar-refractivity contribution < 1.29 is 14.7 Å². The van der Waals surface area contributed by atoms with Crippen LogP contribution in [0.15, 0.2) is 24.3 Å². The van der Waals surface area contributed by atoms with Crippen LogP contribution in [-0.4, -0.2) is 24.0 Å². The lowest BCUT2D eigenvalue weighted by atomic mass is 9.94. The Bertz CT molecular complexity index is 456. The molecule has 0 heterocycles. The Morgan fingerprint density at radius 3 is 2.22 bits per heavy atom. The van der Waals surface area contributed by atoms with E-state index in [0.717, 1.165) is 11.3 Å². The molecule has 2 atom stereocenters. The molecule has 0 fully saturated rings. The van der Waals surface area contributed by atoms with Crippen LogP contribution in [0.3, 0.4) is 0 Å². The van der Waals surface area contributed by atoms with Gasteiger partial charge in [-0.25, -0.2) is 0 Å². The lowest BCUT2D eigenvalue weighted by Gasteiger charge is -2.24. The van der Waals surface area contributed by atoms with Crippen LogP contribution < -0.4 is 4.90 Å². The van der Waals surface area contributed by atoms with Crippen molar-refractivity contribution in [1.29, 1.82) is 0 Å². The van der Waals surface area contributed by atoms with Crippen LogP contribution in [0.1, 0.15) is 19.4 Å². The van der Waals surface area contributed by atoms with Crippen molar-refractivity contribution in [1.82, 2.24) is 0 Å². The monoisotopic (exact) mass is 249 g/mol. The Morgan fingerprint density at radius 1 is 1.17 bits per heavy atom. The van der Waals surface area contributed by atoms with Crippen molar-refractivity contribution in [2.75, 3.05) is 11.9 Å². The fourth-order valence-electron chi connectivity index (χ4n) is 1.79. The molecule has 0 saturated carbocycles. The van der Waals surface area contributed by atoms with Gasteiger partial charge < -0.3 is 10.0 Å². The van der Waals surface area contributed by atoms with Crippen molar-refractivity contribution in [2.24, 2.45) is 11.8 Å². The zero-order valence-electron chi connectivity index (χ0n) is 11.2. The molecule has 1 amide bonds. The smallest absolute Gasteiger partial charge is 0.307 e. The van der Waals surface area contributed by atoms with E-state index in [1.165, 1.54) is 4.90 Å². The molecule has 4 nitrogen and oxygen atoms in total. The number of rotatable bonds is 4. The third-order valence-electron chi connectivity index (χ3n) is 3.34. The highest BCUT2D eigenvalue weighted by atomic mass is 16.4. The van der Waals surface area contributed by atoms with Crippen LogP contribution in [0.2, 0.25) is 0 Å². The van der Waals surface area contributed by atoms with Gasteiger partial charge >= 0.3 is 5.97 Å². The second-order valence-corrected chi connectivity index (χ2v) is 4.60. The van der Waals surface area contributed by atoms with Gasteiger partial charge in [-0.05, 0) is 18.6 Å². The van der Waals surface area contributed by atoms with Gasteiger partial charge in [-0.15, -0.1) is 0 Å². The van der Waals surface area contributed by atoms with Crippen molar-refractivity contribution in [2.45, 2.75) is 20.8 Å². The number of carboxylic acids is 1. The number of hydrogen-bond donors (Lipinski definition) is 1. The predicted molar refractivity (Wildman–Crippen MR) is 70.6 cm³/mol. The first-order valence-corrected chi connectivity index (χ1v) is 5.92. The Morgan fingerprint density at radius 2 is 1.72 bits per heavy atom. The molecule has 18 heavy (non-hydrogen) atoms. The second kappa shape index (κ2) is 5.67. The van der Waals surface area contributed by atoms with Crippen molar-refractivity contribution in [3.05, 3.63) is 29.8 Å². The van der Waals surface area contributed by atoms with Gasteiger partial charge in [0.1, 0.15) is 0 Å². The Labute approximate surface area is 107 Å². The highest BCUT2D eigenvalue weighted by Crippen LogP contribution is 2.22. The normalized spacial score (nSPS) is 13.8. The molecule has 0 radical (unpaired) electrons. The number of hydrogen-bond acceptors (Lipinski definition) is 2. The minimum absolute atomic E-state index is 0.181. The molecule has 0 aliphatic rings. The van der Waals surface area contributed by atoms with Gasteiger partial charge in [0.15, 0.2) is 0 Å². The first-order valence-electron chi connectivity index (χ1n) is 5.92. The Hall–Kier alpha value is -1.84. The summed E-state index contributed by atoms with van der Waals surface area (Å²) in [5, 5.41) is 8.94. The number of benzene rings is 1. The van der Waals surface area contributed by atoms with Gasteiger partial charge in [0.05, 0.1) is 5.92 Å². The van der Waals surface area contributed by atoms with Gasteiger partial charge in [0.2, 0.25) is 5.91 Å². The van der Waals surface area contributed by atoms with Crippen molar-refractivity contribution in [3.8, 4) is 0 Å². The van der Waals surface area contributed by atoms with E-state index < -0.39 is 17.8 Å². The Kier molecular flexibility index (Phi) is 4.48. The fraction of sp³-hybridized carbons (Fsp3) is 0.429. The topological polar surface area (TPSA) is 57.6 Å². The molecule has 98 valence electrons. The number of aliphatic carboxylic acids is 1. The van der Waals surface area contributed by atoms with Crippen molar-refractivity contribution in [3.63, 3.8) is 0 Å². The van der Waals surface area contributed by atoms with Gasteiger partial charge in [-0.1, -0.05) is 32.0 Å². The summed E-state index contributed by atoms with van der Waals surface area (Å²) >= 11 is 0. The Balaban J connectivity index is 2.91. The minimum atomic E-state index is -0.950. The fourth-order valence-corrected chi connectivity index (χ4v) is 1.79. The number of carboxylic acid groups (broad SMARTS) is 1. The standard InChI is InChI=1S/C14H19NO3/c1-9-7-5-6-8-12(9)15(4)13(16)10(2)11(3)14(17)18/h5-8,10-11H,1-4H3,(H,17,18). The molecule has 4 heteroatoms. The number of amides is 1. The molecule has 2 unspecified atom stereocenters. The molecule has 0 aliphatic heterocycles. The molecule has 1 N–H and O–H groups in total. The number of anilines is 1. The maximum atomic E-state index is 12.2. The quantitative estimate of drug-likeness (QED) is 0.890. The zero-order valence-corrected chi connectivity index (χ0v) is 11.2. The maximum absolute atomic E-state index is 12.2. The van der Waals surface area contributed by atoms with E-state index in [1.54, 1.807) is 20.9 Å². The van der Waals surface area contributed by atoms with Gasteiger partial charge in [-0.3, -0.25) is 9.59 Å². The van der Waals surface area contributed by atoms with E-state index in [-0.39, 0.29) is 5.91 Å². The van der Waals surface area contributed by atoms with Crippen LogP contribution in [0.4, 0.5) is 5.69 Å². The minimum Gasteiger partial charge on any atom is -0.481 e. The third-order valence-corrected chi connectivity index (χ3v) is 3.34. The van der Waals surface area contributed by atoms with Gasteiger partial charge in [-0.2, -0.15) is 0 Å². The largest absolute Gasteiger partial charge is 0.481 e. The van der Waals surface area contributed by atoms with Gasteiger partial charge in [0, 0.05) is 18.7 Å². The number of nitrogens with zero attached hydrogens (tertiary/aromatic N) is 1. The predicted octanol–water partition coefficient (Wildman–Crippen LogP) is 2.31. The average Bonchev–Trinajstić information content (AvgIpc) is 2.35. The van der Waals surface area contributed by atoms with E-state index in [1.807, 2.05) is 31.2 Å². The molecular formula is C14H19NO3. The van der Waals surface area contributed by atoms with Crippen LogP contribution >= 0.6 is 0 Å². The SMILES string of the molecule is Cc1ccccc1N(C)C(=O)C(C)C(C)C(=O)O. The number of para-hydroxylation sites is 1. The molecular weight excluding hydrogens is 230 g/mol. The highest BCUT2D eigenvalue weighted by Gasteiger charge is 2.28. The lowest BCUT2D eigenvalue weighted by molar-refractivity contribution is -0.145. The van der Waals surface area contributed by atoms with Crippen LogP contribution in [0.25, 0.3) is 0 Å². The molecule has 1 aromatic carbocycles. The summed E-state index contributed by atoms with van der Waals surface area (Å²) in [5.41, 5.74) is 1.80. The summed E-state index contributed by atoms with van der Waals surface area (Å²) in [6.45, 7) is 5.12. The van der Waals surface area contributed by atoms with E-state index >= 15 is 0 Å². The van der Waals surface area contributed by atoms with E-state index in [0.29, 0.717) is 0 Å². The summed E-state index contributed by atoms with van der Waals surface area (Å²) in [4.78, 5) is 24.6. The summed E-state index contributed by atoms with van der Waals surface area (Å²) < 4.78 is 0. The lowest BCUT2D eigenvalue weighted by Crippen LogP contribution is -2.37. The summed E-state index contributed by atoms with van der Waals surface area (Å²) in [6.07, 6.45) is 0. The van der Waals surface area contributed by atoms with E-state index in [2.05, 4.69) is 0 Å². The highest BCUT2D eigenvalue weighted by molar-refractivity contribution is 5.97. The van der Waals surface area contributed by atoms with Crippen LogP contribution in [0.5, 0.6) is 0 Å². The molecule has 1 rings (SSSR count). The molecule has 0 saturated heterocycles. The molecule has 0 aromatic heterocycles. The maximum Gasteiger partial charge on any atom is 0.307 e. The second-order valence-electron chi connectivity index (χ2n) is 4.60. The molecule has 0 aliphatic carbocycles. The van der Waals surface area contributed by atoms with Crippen LogP contribution in [0, 0.1) is 18.8 Å². The van der Waals surface area contributed by atoms with Crippen molar-refractivity contribution >= 4 is 17.6 Å². The van der Waals surface area contributed by atoms with Crippen LogP contribution in [-0.2, 0) is 9.59 Å². The summed E-state index contributed by atoms with van der Waals surface area (Å²) in [7, 11) is 1.68. The number of aryl methyl sites for hydroxylation is 1. The average molecular weight is 249 g/mol. The summed E-state index contributed by atoms with van der Waals surface area (Å²) in [6, 6.07) is 7.54. The number of carbonyl (C=O) groups excluding carboxylic acids is 1. The van der Waals surface area contributed by atoms with Gasteiger partial charge in [0.25, 0.3) is 0 Å². The molecule has 0 spiro atoms. The molecule has 0 bridgehead atoms. The third kappa shape index (κ3) is 2.88. The molecule has 1 aromatic rings. The summed E-state index contributed by atoms with van der Waals surface area (Å²) in [5.74, 6) is -2.37. The first-order chi connectivity index (χ1) is 8.36. The van der Waals surface area contributed by atoms with E-state index in [9.17, 15) is 9.59 Å². The van der Waals surface area contributed by atoms with E-state index in [4.69, 9.17) is 5.11 Å².